The maximum absolute atomic E-state index is 6.22. The molecule has 3 nitrogen and oxygen atoms in total. The van der Waals surface area contributed by atoms with Crippen LogP contribution in [0.3, 0.4) is 0 Å². The number of hydrogen-bond donors (Lipinski definition) is 2. The average molecular weight is 280 g/mol. The normalized spacial score (nSPS) is 17.3. The predicted octanol–water partition coefficient (Wildman–Crippen LogP) is 4.06. The summed E-state index contributed by atoms with van der Waals surface area (Å²) in [6.45, 7) is 2.00. The Morgan fingerprint density at radius 2 is 2.11 bits per heavy atom. The Morgan fingerprint density at radius 1 is 1.37 bits per heavy atom. The van der Waals surface area contributed by atoms with Gasteiger partial charge in [0, 0.05) is 30.5 Å². The summed E-state index contributed by atoms with van der Waals surface area (Å²) < 4.78 is 0. The second kappa shape index (κ2) is 6.80. The molecule has 0 atom stereocenters. The van der Waals surface area contributed by atoms with E-state index in [9.17, 15) is 0 Å². The first-order chi connectivity index (χ1) is 9.24. The van der Waals surface area contributed by atoms with Gasteiger partial charge in [-0.05, 0) is 25.8 Å². The van der Waals surface area contributed by atoms with Crippen molar-refractivity contribution < 1.29 is 0 Å². The van der Waals surface area contributed by atoms with Gasteiger partial charge in [-0.1, -0.05) is 36.9 Å². The molecule has 1 saturated carbocycles. The molecule has 2 rings (SSSR count). The minimum absolute atomic E-state index is 0.555. The Hall–Kier alpha value is -1.22. The minimum Gasteiger partial charge on any atom is -0.388 e. The molecule has 0 spiro atoms. The third kappa shape index (κ3) is 3.63. The molecule has 1 fully saturated rings. The first kappa shape index (κ1) is 14.2. The molecule has 0 bridgehead atoms. The number of halogens is 1. The van der Waals surface area contributed by atoms with Gasteiger partial charge in [0.05, 0.1) is 5.02 Å². The van der Waals surface area contributed by atoms with Crippen molar-refractivity contribution in [3.63, 3.8) is 0 Å². The molecule has 1 aliphatic carbocycles. The molecular weight excluding hydrogens is 258 g/mol. The van der Waals surface area contributed by atoms with Gasteiger partial charge in [0.15, 0.2) is 0 Å². The van der Waals surface area contributed by atoms with Crippen LogP contribution in [0.2, 0.25) is 5.02 Å². The van der Waals surface area contributed by atoms with E-state index in [1.165, 1.54) is 32.1 Å². The van der Waals surface area contributed by atoms with Crippen molar-refractivity contribution >= 4 is 23.1 Å². The lowest BCUT2D eigenvalue weighted by Crippen LogP contribution is -2.23. The summed E-state index contributed by atoms with van der Waals surface area (Å²) >= 11 is 6.22. The van der Waals surface area contributed by atoms with Gasteiger partial charge in [-0.3, -0.25) is 0 Å². The largest absolute Gasteiger partial charge is 0.388 e. The lowest BCUT2D eigenvalue weighted by Gasteiger charge is -2.23. The van der Waals surface area contributed by atoms with Gasteiger partial charge in [0.2, 0.25) is 0 Å². The summed E-state index contributed by atoms with van der Waals surface area (Å²) in [5, 5.41) is 7.37. The number of nitrogens with zero attached hydrogens (tertiary/aromatic N) is 1. The highest BCUT2D eigenvalue weighted by atomic mass is 35.5. The molecule has 0 unspecified atom stereocenters. The standard InChI is InChI=1S/C15H22ClN3/c1-3-14(17-2)12-9-15(18-10-13(12)16)19-11-7-5-4-6-8-11/h3,9-11,17H,4-8H2,1-2H3,(H,18,19)/b14-3-. The molecule has 0 aliphatic heterocycles. The van der Waals surface area contributed by atoms with Gasteiger partial charge in [0.25, 0.3) is 0 Å². The fraction of sp³-hybridized carbons (Fsp3) is 0.533. The average Bonchev–Trinajstić information content (AvgIpc) is 2.45. The summed E-state index contributed by atoms with van der Waals surface area (Å²) in [6.07, 6.45) is 10.2. The third-order valence-electron chi connectivity index (χ3n) is 3.66. The van der Waals surface area contributed by atoms with Crippen LogP contribution in [-0.4, -0.2) is 18.1 Å². The number of pyridine rings is 1. The summed E-state index contributed by atoms with van der Waals surface area (Å²) in [5.41, 5.74) is 2.03. The summed E-state index contributed by atoms with van der Waals surface area (Å²) in [6, 6.07) is 2.59. The van der Waals surface area contributed by atoms with E-state index in [1.54, 1.807) is 6.20 Å². The Labute approximate surface area is 120 Å². The fourth-order valence-corrected chi connectivity index (χ4v) is 2.82. The van der Waals surface area contributed by atoms with Crippen LogP contribution in [0.4, 0.5) is 5.82 Å². The molecule has 1 aliphatic rings. The summed E-state index contributed by atoms with van der Waals surface area (Å²) in [5.74, 6) is 0.918. The molecule has 0 amide bonds. The summed E-state index contributed by atoms with van der Waals surface area (Å²) in [4.78, 5) is 4.39. The van der Waals surface area contributed by atoms with E-state index < -0.39 is 0 Å². The van der Waals surface area contributed by atoms with Crippen LogP contribution in [0.5, 0.6) is 0 Å². The van der Waals surface area contributed by atoms with Gasteiger partial charge < -0.3 is 10.6 Å². The molecular formula is C15H22ClN3. The smallest absolute Gasteiger partial charge is 0.126 e. The van der Waals surface area contributed by atoms with Crippen LogP contribution in [0, 0.1) is 0 Å². The zero-order chi connectivity index (χ0) is 13.7. The molecule has 1 heterocycles. The highest BCUT2D eigenvalue weighted by Crippen LogP contribution is 2.26. The van der Waals surface area contributed by atoms with Gasteiger partial charge >= 0.3 is 0 Å². The van der Waals surface area contributed by atoms with Crippen molar-refractivity contribution in [2.75, 3.05) is 12.4 Å². The van der Waals surface area contributed by atoms with Crippen molar-refractivity contribution in [2.45, 2.75) is 45.1 Å². The van der Waals surface area contributed by atoms with Crippen molar-refractivity contribution in [2.24, 2.45) is 0 Å². The molecule has 2 N–H and O–H groups in total. The first-order valence-corrected chi connectivity index (χ1v) is 7.39. The second-order valence-electron chi connectivity index (χ2n) is 4.98. The molecule has 0 radical (unpaired) electrons. The first-order valence-electron chi connectivity index (χ1n) is 7.01. The van der Waals surface area contributed by atoms with Crippen LogP contribution in [0.15, 0.2) is 18.3 Å². The van der Waals surface area contributed by atoms with Crippen LogP contribution < -0.4 is 10.6 Å². The number of aromatic nitrogens is 1. The van der Waals surface area contributed by atoms with Crippen molar-refractivity contribution in [1.29, 1.82) is 0 Å². The van der Waals surface area contributed by atoms with Crippen molar-refractivity contribution in [1.82, 2.24) is 10.3 Å². The SMILES string of the molecule is C/C=C(\NC)c1cc(NC2CCCCC2)ncc1Cl. The quantitative estimate of drug-likeness (QED) is 0.873. The number of anilines is 1. The lowest BCUT2D eigenvalue weighted by atomic mass is 9.95. The van der Waals surface area contributed by atoms with Gasteiger partial charge in [-0.15, -0.1) is 0 Å². The van der Waals surface area contributed by atoms with E-state index in [2.05, 4.69) is 15.6 Å². The maximum atomic E-state index is 6.22. The minimum atomic E-state index is 0.555. The molecule has 1 aromatic heterocycles. The van der Waals surface area contributed by atoms with E-state index in [1.807, 2.05) is 26.1 Å². The molecule has 1 aromatic rings. The zero-order valence-corrected chi connectivity index (χ0v) is 12.4. The van der Waals surface area contributed by atoms with Crippen LogP contribution >= 0.6 is 11.6 Å². The van der Waals surface area contributed by atoms with Gasteiger partial charge in [0.1, 0.15) is 5.82 Å². The fourth-order valence-electron chi connectivity index (χ4n) is 2.61. The second-order valence-corrected chi connectivity index (χ2v) is 5.39. The topological polar surface area (TPSA) is 37.0 Å². The van der Waals surface area contributed by atoms with E-state index in [-0.39, 0.29) is 0 Å². The zero-order valence-electron chi connectivity index (χ0n) is 11.7. The van der Waals surface area contributed by atoms with E-state index >= 15 is 0 Å². The number of hydrogen-bond acceptors (Lipinski definition) is 3. The number of allylic oxidation sites excluding steroid dienone is 1. The van der Waals surface area contributed by atoms with Crippen LogP contribution in [0.1, 0.15) is 44.6 Å². The van der Waals surface area contributed by atoms with Gasteiger partial charge in [-0.25, -0.2) is 4.98 Å². The van der Waals surface area contributed by atoms with Crippen molar-refractivity contribution in [3.05, 3.63) is 28.9 Å². The Morgan fingerprint density at radius 3 is 2.74 bits per heavy atom. The third-order valence-corrected chi connectivity index (χ3v) is 3.96. The predicted molar refractivity (Wildman–Crippen MR) is 82.5 cm³/mol. The lowest BCUT2D eigenvalue weighted by molar-refractivity contribution is 0.462. The van der Waals surface area contributed by atoms with E-state index in [4.69, 9.17) is 11.6 Å². The van der Waals surface area contributed by atoms with Crippen LogP contribution in [0.25, 0.3) is 5.70 Å². The highest BCUT2D eigenvalue weighted by Gasteiger charge is 2.14. The van der Waals surface area contributed by atoms with E-state index in [0.29, 0.717) is 11.1 Å². The van der Waals surface area contributed by atoms with Crippen molar-refractivity contribution in [3.8, 4) is 0 Å². The number of nitrogens with one attached hydrogen (secondary N) is 2. The van der Waals surface area contributed by atoms with Crippen LogP contribution in [-0.2, 0) is 0 Å². The Kier molecular flexibility index (Phi) is 5.08. The molecule has 0 saturated heterocycles. The van der Waals surface area contributed by atoms with E-state index in [0.717, 1.165) is 17.1 Å². The summed E-state index contributed by atoms with van der Waals surface area (Å²) in [7, 11) is 1.90. The van der Waals surface area contributed by atoms with Gasteiger partial charge in [-0.2, -0.15) is 0 Å². The Balaban J connectivity index is 2.15. The highest BCUT2D eigenvalue weighted by molar-refractivity contribution is 6.32. The monoisotopic (exact) mass is 279 g/mol. The maximum Gasteiger partial charge on any atom is 0.126 e. The molecule has 19 heavy (non-hydrogen) atoms. The number of rotatable bonds is 4. The molecule has 4 heteroatoms. The molecule has 104 valence electrons. The molecule has 0 aromatic carbocycles. The Bertz CT molecular complexity index is 451.